The van der Waals surface area contributed by atoms with Gasteiger partial charge >= 0.3 is 7.12 Å². The molecule has 4 nitrogen and oxygen atoms in total. The summed E-state index contributed by atoms with van der Waals surface area (Å²) in [6.45, 7) is 15.2. The Morgan fingerprint density at radius 1 is 1.14 bits per heavy atom. The van der Waals surface area contributed by atoms with E-state index in [0.29, 0.717) is 12.5 Å². The molecule has 0 radical (unpaired) electrons. The topological polar surface area (TPSA) is 40.6 Å². The summed E-state index contributed by atoms with van der Waals surface area (Å²) in [7, 11) is -0.380. The van der Waals surface area contributed by atoms with Crippen molar-refractivity contribution in [1.29, 1.82) is 0 Å². The highest BCUT2D eigenvalue weighted by Crippen LogP contribution is 2.36. The lowest BCUT2D eigenvalue weighted by molar-refractivity contribution is 0.00578. The van der Waals surface area contributed by atoms with Crippen molar-refractivity contribution < 1.29 is 14.0 Å². The van der Waals surface area contributed by atoms with E-state index in [1.807, 2.05) is 39.8 Å². The molecule has 1 fully saturated rings. The van der Waals surface area contributed by atoms with Gasteiger partial charge in [-0.1, -0.05) is 20.8 Å². The van der Waals surface area contributed by atoms with E-state index in [4.69, 9.17) is 14.0 Å². The Morgan fingerprint density at radius 2 is 1.71 bits per heavy atom. The molecule has 0 N–H and O–H groups in total. The predicted molar refractivity (Wildman–Crippen MR) is 84.9 cm³/mol. The van der Waals surface area contributed by atoms with Crippen molar-refractivity contribution in [2.75, 3.05) is 6.61 Å². The van der Waals surface area contributed by atoms with Crippen LogP contribution >= 0.6 is 0 Å². The monoisotopic (exact) mass is 291 g/mol. The number of hydrogen-bond donors (Lipinski definition) is 0. The van der Waals surface area contributed by atoms with Gasteiger partial charge in [0.05, 0.1) is 17.8 Å². The van der Waals surface area contributed by atoms with Gasteiger partial charge in [-0.25, -0.2) is 4.98 Å². The quantitative estimate of drug-likeness (QED) is 0.803. The fourth-order valence-electron chi connectivity index (χ4n) is 1.92. The van der Waals surface area contributed by atoms with E-state index in [-0.39, 0.29) is 23.7 Å². The van der Waals surface area contributed by atoms with Crippen LogP contribution in [0.3, 0.4) is 0 Å². The van der Waals surface area contributed by atoms with E-state index in [1.165, 1.54) is 0 Å². The van der Waals surface area contributed by atoms with Gasteiger partial charge in [0.25, 0.3) is 0 Å². The van der Waals surface area contributed by atoms with Crippen molar-refractivity contribution >= 4 is 12.6 Å². The van der Waals surface area contributed by atoms with E-state index in [1.54, 1.807) is 6.20 Å². The number of nitrogens with zero attached hydrogens (tertiary/aromatic N) is 1. The van der Waals surface area contributed by atoms with Gasteiger partial charge < -0.3 is 14.0 Å². The van der Waals surface area contributed by atoms with Crippen LogP contribution in [0.25, 0.3) is 0 Å². The van der Waals surface area contributed by atoms with E-state index < -0.39 is 0 Å². The standard InChI is InChI=1S/C16H26BNO3/c1-14(2,3)11-19-13-10-12(8-9-18-13)17-20-15(4,5)16(6,7)21-17/h8-10H,11H2,1-7H3. The van der Waals surface area contributed by atoms with Crippen LogP contribution < -0.4 is 10.2 Å². The first-order valence-electron chi connectivity index (χ1n) is 7.45. The minimum absolute atomic E-state index is 0.0992. The molecule has 1 aliphatic heterocycles. The number of pyridine rings is 1. The molecular weight excluding hydrogens is 265 g/mol. The normalized spacial score (nSPS) is 20.6. The van der Waals surface area contributed by atoms with Crippen LogP contribution in [0.5, 0.6) is 5.88 Å². The van der Waals surface area contributed by atoms with E-state index in [9.17, 15) is 0 Å². The molecule has 116 valence electrons. The molecule has 0 unspecified atom stereocenters. The van der Waals surface area contributed by atoms with E-state index in [0.717, 1.165) is 5.46 Å². The minimum atomic E-state index is -0.380. The largest absolute Gasteiger partial charge is 0.495 e. The smallest absolute Gasteiger partial charge is 0.477 e. The van der Waals surface area contributed by atoms with Crippen LogP contribution in [0, 0.1) is 5.41 Å². The van der Waals surface area contributed by atoms with Crippen molar-refractivity contribution in [3.8, 4) is 5.88 Å². The third kappa shape index (κ3) is 3.77. The number of aromatic nitrogens is 1. The van der Waals surface area contributed by atoms with Crippen molar-refractivity contribution in [3.05, 3.63) is 18.3 Å². The van der Waals surface area contributed by atoms with Gasteiger partial charge in [0, 0.05) is 12.3 Å². The van der Waals surface area contributed by atoms with Crippen molar-refractivity contribution in [2.45, 2.75) is 59.7 Å². The van der Waals surface area contributed by atoms with Gasteiger partial charge in [0.1, 0.15) is 0 Å². The van der Waals surface area contributed by atoms with Gasteiger partial charge in [-0.3, -0.25) is 0 Å². The van der Waals surface area contributed by atoms with Crippen molar-refractivity contribution in [1.82, 2.24) is 4.98 Å². The highest BCUT2D eigenvalue weighted by molar-refractivity contribution is 6.62. The molecule has 1 aromatic heterocycles. The Labute approximate surface area is 128 Å². The summed E-state index contributed by atoms with van der Waals surface area (Å²) in [6, 6.07) is 3.81. The van der Waals surface area contributed by atoms with Crippen molar-refractivity contribution in [2.24, 2.45) is 5.41 Å². The minimum Gasteiger partial charge on any atom is -0.477 e. The SMILES string of the molecule is CC(C)(C)COc1cc(B2OC(C)(C)C(C)(C)O2)ccn1. The summed E-state index contributed by atoms with van der Waals surface area (Å²) in [5.41, 5.74) is 0.357. The summed E-state index contributed by atoms with van der Waals surface area (Å²) in [4.78, 5) is 4.25. The molecule has 1 aromatic rings. The van der Waals surface area contributed by atoms with Crippen LogP contribution in [0.1, 0.15) is 48.5 Å². The summed E-state index contributed by atoms with van der Waals surface area (Å²) >= 11 is 0. The molecule has 0 saturated carbocycles. The maximum Gasteiger partial charge on any atom is 0.495 e. The van der Waals surface area contributed by atoms with Crippen LogP contribution in [-0.4, -0.2) is 29.9 Å². The second kappa shape index (κ2) is 5.29. The highest BCUT2D eigenvalue weighted by atomic mass is 16.7. The zero-order valence-corrected chi connectivity index (χ0v) is 14.2. The molecule has 0 atom stereocenters. The average molecular weight is 291 g/mol. The fourth-order valence-corrected chi connectivity index (χ4v) is 1.92. The zero-order chi connectivity index (χ0) is 15.9. The molecule has 0 amide bonds. The Morgan fingerprint density at radius 3 is 2.24 bits per heavy atom. The number of rotatable bonds is 3. The summed E-state index contributed by atoms with van der Waals surface area (Å²) < 4.78 is 17.8. The second-order valence-electron chi connectivity index (χ2n) is 7.86. The molecule has 1 saturated heterocycles. The first-order valence-corrected chi connectivity index (χ1v) is 7.45. The molecule has 0 aromatic carbocycles. The molecule has 2 rings (SSSR count). The summed E-state index contributed by atoms with van der Waals surface area (Å²) in [6.07, 6.45) is 1.73. The molecular formula is C16H26BNO3. The molecule has 0 spiro atoms. The molecule has 0 bridgehead atoms. The second-order valence-corrected chi connectivity index (χ2v) is 7.86. The predicted octanol–water partition coefficient (Wildman–Crippen LogP) is 2.81. The number of ether oxygens (including phenoxy) is 1. The lowest BCUT2D eigenvalue weighted by atomic mass is 9.80. The Hall–Kier alpha value is -1.07. The maximum absolute atomic E-state index is 6.04. The Kier molecular flexibility index (Phi) is 4.11. The van der Waals surface area contributed by atoms with Gasteiger partial charge in [0.15, 0.2) is 0 Å². The zero-order valence-electron chi connectivity index (χ0n) is 14.2. The average Bonchev–Trinajstić information content (AvgIpc) is 2.56. The van der Waals surface area contributed by atoms with Crippen LogP contribution in [0.4, 0.5) is 0 Å². The molecule has 21 heavy (non-hydrogen) atoms. The highest BCUT2D eigenvalue weighted by Gasteiger charge is 2.51. The lowest BCUT2D eigenvalue weighted by Crippen LogP contribution is -2.41. The molecule has 0 aliphatic carbocycles. The summed E-state index contributed by atoms with van der Waals surface area (Å²) in [5.74, 6) is 0.608. The fraction of sp³-hybridized carbons (Fsp3) is 0.688. The molecule has 2 heterocycles. The van der Waals surface area contributed by atoms with Gasteiger partial charge in [-0.05, 0) is 44.6 Å². The van der Waals surface area contributed by atoms with Gasteiger partial charge in [-0.15, -0.1) is 0 Å². The Balaban J connectivity index is 2.12. The first kappa shape index (κ1) is 16.3. The third-order valence-corrected chi connectivity index (χ3v) is 3.94. The van der Waals surface area contributed by atoms with E-state index >= 15 is 0 Å². The van der Waals surface area contributed by atoms with Crippen LogP contribution in [0.15, 0.2) is 18.3 Å². The van der Waals surface area contributed by atoms with Crippen molar-refractivity contribution in [3.63, 3.8) is 0 Å². The summed E-state index contributed by atoms with van der Waals surface area (Å²) in [5, 5.41) is 0. The molecule has 5 heteroatoms. The van der Waals surface area contributed by atoms with Gasteiger partial charge in [-0.2, -0.15) is 0 Å². The number of hydrogen-bond acceptors (Lipinski definition) is 4. The van der Waals surface area contributed by atoms with Gasteiger partial charge in [0.2, 0.25) is 5.88 Å². The molecule has 1 aliphatic rings. The first-order chi connectivity index (χ1) is 9.50. The Bertz CT molecular complexity index is 492. The van der Waals surface area contributed by atoms with E-state index in [2.05, 4.69) is 25.8 Å². The maximum atomic E-state index is 6.04. The van der Waals surface area contributed by atoms with Crippen LogP contribution in [-0.2, 0) is 9.31 Å². The third-order valence-electron chi connectivity index (χ3n) is 3.94. The van der Waals surface area contributed by atoms with Crippen LogP contribution in [0.2, 0.25) is 0 Å². The lowest BCUT2D eigenvalue weighted by Gasteiger charge is -2.32.